The van der Waals surface area contributed by atoms with Crippen molar-refractivity contribution < 1.29 is 19.2 Å². The van der Waals surface area contributed by atoms with Crippen LogP contribution in [0.1, 0.15) is 42.5 Å². The van der Waals surface area contributed by atoms with Crippen molar-refractivity contribution in [2.45, 2.75) is 39.3 Å². The lowest BCUT2D eigenvalue weighted by molar-refractivity contribution is -0.383. The molecule has 2 N–H and O–H groups in total. The SMILES string of the molecule is CC(C)(C)OC(=O)N1CCc2[nH]nc(C(=O)Nc3ccccc3[N+](=O)[O-])c2C1. The number of nitrogens with one attached hydrogen (secondary N) is 2. The Kier molecular flexibility index (Phi) is 5.04. The number of rotatable bonds is 3. The lowest BCUT2D eigenvalue weighted by Gasteiger charge is -2.30. The lowest BCUT2D eigenvalue weighted by atomic mass is 10.1. The summed E-state index contributed by atoms with van der Waals surface area (Å²) in [4.78, 5) is 37.1. The molecule has 0 atom stereocenters. The number of hydrogen-bond donors (Lipinski definition) is 2. The number of aromatic nitrogens is 2. The molecule has 10 nitrogen and oxygen atoms in total. The number of carbonyl (C=O) groups is 2. The van der Waals surface area contributed by atoms with Gasteiger partial charge in [0.1, 0.15) is 11.3 Å². The molecule has 1 aliphatic heterocycles. The lowest BCUT2D eigenvalue weighted by Crippen LogP contribution is -2.40. The number of fused-ring (bicyclic) bond motifs is 1. The Hall–Kier alpha value is -3.43. The monoisotopic (exact) mass is 387 g/mol. The summed E-state index contributed by atoms with van der Waals surface area (Å²) in [6.07, 6.45) is 0.0322. The van der Waals surface area contributed by atoms with E-state index in [1.807, 2.05) is 0 Å². The number of nitro groups is 1. The van der Waals surface area contributed by atoms with Gasteiger partial charge in [-0.05, 0) is 26.8 Å². The fourth-order valence-electron chi connectivity index (χ4n) is 2.89. The molecule has 0 aliphatic carbocycles. The third-order valence-electron chi connectivity index (χ3n) is 4.15. The van der Waals surface area contributed by atoms with Crippen LogP contribution in [-0.2, 0) is 17.7 Å². The quantitative estimate of drug-likeness (QED) is 0.615. The number of para-hydroxylation sites is 2. The molecule has 3 rings (SSSR count). The number of nitrogens with zero attached hydrogens (tertiary/aromatic N) is 3. The number of carbonyl (C=O) groups excluding carboxylic acids is 2. The Morgan fingerprint density at radius 2 is 2.04 bits per heavy atom. The molecular formula is C18H21N5O5. The third kappa shape index (κ3) is 4.11. The first-order valence-electron chi connectivity index (χ1n) is 8.74. The van der Waals surface area contributed by atoms with Gasteiger partial charge in [0.05, 0.1) is 11.5 Å². The summed E-state index contributed by atoms with van der Waals surface area (Å²) in [7, 11) is 0. The van der Waals surface area contributed by atoms with Crippen LogP contribution < -0.4 is 5.32 Å². The van der Waals surface area contributed by atoms with Crippen LogP contribution in [-0.4, -0.2) is 44.2 Å². The smallest absolute Gasteiger partial charge is 0.410 e. The van der Waals surface area contributed by atoms with Crippen LogP contribution in [0.3, 0.4) is 0 Å². The van der Waals surface area contributed by atoms with E-state index in [2.05, 4.69) is 15.5 Å². The van der Waals surface area contributed by atoms with Crippen LogP contribution in [0.4, 0.5) is 16.2 Å². The predicted octanol–water partition coefficient (Wildman–Crippen LogP) is 2.86. The Morgan fingerprint density at radius 1 is 1.32 bits per heavy atom. The highest BCUT2D eigenvalue weighted by Gasteiger charge is 2.30. The maximum atomic E-state index is 12.7. The Morgan fingerprint density at radius 3 is 2.71 bits per heavy atom. The average molecular weight is 387 g/mol. The van der Waals surface area contributed by atoms with Gasteiger partial charge in [0.15, 0.2) is 5.69 Å². The number of nitro benzene ring substituents is 1. The first-order chi connectivity index (χ1) is 13.2. The van der Waals surface area contributed by atoms with Crippen molar-refractivity contribution in [3.63, 3.8) is 0 Å². The second kappa shape index (κ2) is 7.29. The summed E-state index contributed by atoms with van der Waals surface area (Å²) in [5.41, 5.74) is 0.673. The summed E-state index contributed by atoms with van der Waals surface area (Å²) in [5, 5.41) is 20.5. The second-order valence-electron chi connectivity index (χ2n) is 7.41. The molecule has 0 saturated carbocycles. The number of anilines is 1. The molecule has 0 radical (unpaired) electrons. The molecule has 148 valence electrons. The van der Waals surface area contributed by atoms with Gasteiger partial charge in [-0.2, -0.15) is 5.10 Å². The van der Waals surface area contributed by atoms with Gasteiger partial charge >= 0.3 is 6.09 Å². The Bertz CT molecular complexity index is 931. The van der Waals surface area contributed by atoms with Crippen molar-refractivity contribution in [2.24, 2.45) is 0 Å². The molecule has 0 bridgehead atoms. The van der Waals surface area contributed by atoms with Crippen LogP contribution in [0, 0.1) is 10.1 Å². The number of aromatic amines is 1. The van der Waals surface area contributed by atoms with Gasteiger partial charge in [-0.15, -0.1) is 0 Å². The zero-order valence-corrected chi connectivity index (χ0v) is 15.8. The van der Waals surface area contributed by atoms with E-state index in [9.17, 15) is 19.7 Å². The minimum Gasteiger partial charge on any atom is -0.444 e. The molecule has 10 heteroatoms. The fraction of sp³-hybridized carbons (Fsp3) is 0.389. The highest BCUT2D eigenvalue weighted by molar-refractivity contribution is 6.05. The minimum absolute atomic E-state index is 0.0778. The Balaban J connectivity index is 1.80. The summed E-state index contributed by atoms with van der Waals surface area (Å²) >= 11 is 0. The molecular weight excluding hydrogens is 366 g/mol. The molecule has 0 fully saturated rings. The molecule has 28 heavy (non-hydrogen) atoms. The van der Waals surface area contributed by atoms with E-state index in [1.165, 1.54) is 23.1 Å². The van der Waals surface area contributed by atoms with Gasteiger partial charge in [0.25, 0.3) is 11.6 Å². The number of amides is 2. The van der Waals surface area contributed by atoms with E-state index in [0.717, 1.165) is 5.69 Å². The van der Waals surface area contributed by atoms with Crippen LogP contribution in [0.5, 0.6) is 0 Å². The van der Waals surface area contributed by atoms with E-state index in [4.69, 9.17) is 4.74 Å². The van der Waals surface area contributed by atoms with Crippen molar-refractivity contribution in [2.75, 3.05) is 11.9 Å². The molecule has 0 spiro atoms. The summed E-state index contributed by atoms with van der Waals surface area (Å²) < 4.78 is 5.39. The molecule has 2 amide bonds. The first-order valence-corrected chi connectivity index (χ1v) is 8.74. The molecule has 1 aromatic carbocycles. The van der Waals surface area contributed by atoms with E-state index < -0.39 is 22.5 Å². The van der Waals surface area contributed by atoms with Gasteiger partial charge in [-0.1, -0.05) is 12.1 Å². The van der Waals surface area contributed by atoms with E-state index in [-0.39, 0.29) is 23.6 Å². The maximum Gasteiger partial charge on any atom is 0.410 e. The zero-order chi connectivity index (χ0) is 20.5. The third-order valence-corrected chi connectivity index (χ3v) is 4.15. The van der Waals surface area contributed by atoms with Gasteiger partial charge in [-0.25, -0.2) is 4.79 Å². The minimum atomic E-state index is -0.625. The van der Waals surface area contributed by atoms with E-state index in [0.29, 0.717) is 18.5 Å². The van der Waals surface area contributed by atoms with Gasteiger partial charge in [-0.3, -0.25) is 20.0 Å². The fourth-order valence-corrected chi connectivity index (χ4v) is 2.89. The largest absolute Gasteiger partial charge is 0.444 e. The highest BCUT2D eigenvalue weighted by Crippen LogP contribution is 2.26. The summed E-state index contributed by atoms with van der Waals surface area (Å²) in [5.74, 6) is -0.585. The molecule has 0 saturated heterocycles. The molecule has 2 heterocycles. The van der Waals surface area contributed by atoms with Crippen LogP contribution in [0.15, 0.2) is 24.3 Å². The van der Waals surface area contributed by atoms with Gasteiger partial charge < -0.3 is 15.0 Å². The number of hydrogen-bond acceptors (Lipinski definition) is 6. The van der Waals surface area contributed by atoms with Crippen molar-refractivity contribution in [1.29, 1.82) is 0 Å². The number of benzene rings is 1. The number of ether oxygens (including phenoxy) is 1. The topological polar surface area (TPSA) is 130 Å². The van der Waals surface area contributed by atoms with Gasteiger partial charge in [0, 0.05) is 30.3 Å². The Labute approximate surface area is 161 Å². The van der Waals surface area contributed by atoms with Crippen LogP contribution >= 0.6 is 0 Å². The number of H-pyrrole nitrogens is 1. The van der Waals surface area contributed by atoms with Crippen LogP contribution in [0.2, 0.25) is 0 Å². The molecule has 0 unspecified atom stereocenters. The van der Waals surface area contributed by atoms with Crippen molar-refractivity contribution in [3.05, 3.63) is 51.3 Å². The summed E-state index contributed by atoms with van der Waals surface area (Å²) in [6.45, 7) is 5.95. The maximum absolute atomic E-state index is 12.7. The van der Waals surface area contributed by atoms with Gasteiger partial charge in [0.2, 0.25) is 0 Å². The van der Waals surface area contributed by atoms with Crippen molar-refractivity contribution in [3.8, 4) is 0 Å². The predicted molar refractivity (Wildman–Crippen MR) is 100.0 cm³/mol. The highest BCUT2D eigenvalue weighted by atomic mass is 16.6. The molecule has 1 aliphatic rings. The first kappa shape index (κ1) is 19.3. The molecule has 1 aromatic heterocycles. The van der Waals surface area contributed by atoms with E-state index in [1.54, 1.807) is 26.8 Å². The normalized spacial score (nSPS) is 13.6. The van der Waals surface area contributed by atoms with E-state index >= 15 is 0 Å². The standard InChI is InChI=1S/C18H21N5O5/c1-18(2,3)28-17(25)22-9-8-12-11(10-22)15(21-20-12)16(24)19-13-6-4-5-7-14(13)23(26)27/h4-7H,8-10H2,1-3H3,(H,19,24)(H,20,21). The summed E-state index contributed by atoms with van der Waals surface area (Å²) in [6, 6.07) is 5.86. The average Bonchev–Trinajstić information content (AvgIpc) is 3.03. The van der Waals surface area contributed by atoms with Crippen molar-refractivity contribution >= 4 is 23.4 Å². The second-order valence-corrected chi connectivity index (χ2v) is 7.41. The van der Waals surface area contributed by atoms with Crippen LogP contribution in [0.25, 0.3) is 0 Å². The van der Waals surface area contributed by atoms with Crippen molar-refractivity contribution in [1.82, 2.24) is 15.1 Å². The zero-order valence-electron chi connectivity index (χ0n) is 15.8. The molecule has 2 aromatic rings.